The van der Waals surface area contributed by atoms with E-state index >= 15 is 0 Å². The molecule has 0 nitrogen and oxygen atoms in total. The van der Waals surface area contributed by atoms with Crippen LogP contribution in [0, 0.1) is 5.92 Å². The van der Waals surface area contributed by atoms with Crippen molar-refractivity contribution in [2.45, 2.75) is 173 Å². The summed E-state index contributed by atoms with van der Waals surface area (Å²) in [6.45, 7) is 7.07. The predicted molar refractivity (Wildman–Crippen MR) is 139 cm³/mol. The molecule has 0 radical (unpaired) electrons. The van der Waals surface area contributed by atoms with Crippen molar-refractivity contribution in [3.8, 4) is 0 Å². The molecule has 176 valence electrons. The highest BCUT2D eigenvalue weighted by atomic mass is 79.9. The van der Waals surface area contributed by atoms with Gasteiger partial charge in [0.2, 0.25) is 0 Å². The first-order valence-corrected chi connectivity index (χ1v) is 14.8. The molecule has 0 aliphatic carbocycles. The fourth-order valence-electron chi connectivity index (χ4n) is 4.42. The average molecular weight is 474 g/mol. The van der Waals surface area contributed by atoms with Crippen LogP contribution in [0.15, 0.2) is 0 Å². The Hall–Kier alpha value is 0.480. The van der Waals surface area contributed by atoms with Crippen molar-refractivity contribution in [1.82, 2.24) is 0 Å². The maximum Gasteiger partial charge on any atom is 0.0171 e. The highest BCUT2D eigenvalue weighted by molar-refractivity contribution is 9.09. The van der Waals surface area contributed by atoms with Crippen molar-refractivity contribution in [2.75, 3.05) is 0 Å². The van der Waals surface area contributed by atoms with Gasteiger partial charge in [-0.25, -0.2) is 0 Å². The molecule has 0 aliphatic rings. The van der Waals surface area contributed by atoms with Crippen molar-refractivity contribution in [3.63, 3.8) is 0 Å². The van der Waals surface area contributed by atoms with E-state index in [2.05, 4.69) is 36.7 Å². The lowest BCUT2D eigenvalue weighted by atomic mass is 9.95. The van der Waals surface area contributed by atoms with Crippen molar-refractivity contribution in [3.05, 3.63) is 0 Å². The van der Waals surface area contributed by atoms with Gasteiger partial charge in [0.1, 0.15) is 0 Å². The largest absolute Gasteiger partial charge is 0.0888 e. The van der Waals surface area contributed by atoms with E-state index in [0.717, 1.165) is 10.7 Å². The van der Waals surface area contributed by atoms with Crippen LogP contribution in [0.5, 0.6) is 0 Å². The van der Waals surface area contributed by atoms with Crippen molar-refractivity contribution in [1.29, 1.82) is 0 Å². The van der Waals surface area contributed by atoms with Gasteiger partial charge in [0.25, 0.3) is 0 Å². The molecule has 0 N–H and O–H groups in total. The van der Waals surface area contributed by atoms with E-state index in [9.17, 15) is 0 Å². The smallest absolute Gasteiger partial charge is 0.0171 e. The number of alkyl halides is 1. The summed E-state index contributed by atoms with van der Waals surface area (Å²) in [7, 11) is 0. The van der Waals surface area contributed by atoms with E-state index in [4.69, 9.17) is 0 Å². The zero-order chi connectivity index (χ0) is 21.4. The van der Waals surface area contributed by atoms with E-state index < -0.39 is 0 Å². The third-order valence-electron chi connectivity index (χ3n) is 6.71. The molecule has 0 aromatic carbocycles. The molecule has 0 saturated heterocycles. The first-order valence-electron chi connectivity index (χ1n) is 13.9. The van der Waals surface area contributed by atoms with E-state index in [-0.39, 0.29) is 0 Å². The number of hydrogen-bond donors (Lipinski definition) is 0. The van der Waals surface area contributed by atoms with Crippen LogP contribution in [0.2, 0.25) is 0 Å². The first-order chi connectivity index (χ1) is 14.2. The highest BCUT2D eigenvalue weighted by Gasteiger charge is 2.13. The fraction of sp³-hybridized carbons (Fsp3) is 1.00. The van der Waals surface area contributed by atoms with Gasteiger partial charge >= 0.3 is 0 Å². The quantitative estimate of drug-likeness (QED) is 0.0965. The first kappa shape index (κ1) is 29.5. The molecule has 0 spiro atoms. The van der Waals surface area contributed by atoms with Gasteiger partial charge in [0.05, 0.1) is 0 Å². The second-order valence-electron chi connectivity index (χ2n) is 9.79. The second kappa shape index (κ2) is 24.7. The van der Waals surface area contributed by atoms with Gasteiger partial charge in [-0.05, 0) is 18.8 Å². The summed E-state index contributed by atoms with van der Waals surface area (Å²) in [4.78, 5) is 0.750. The van der Waals surface area contributed by atoms with Crippen LogP contribution < -0.4 is 0 Å². The monoisotopic (exact) mass is 472 g/mol. The van der Waals surface area contributed by atoms with Crippen molar-refractivity contribution < 1.29 is 0 Å². The predicted octanol–water partition coefficient (Wildman–Crippen LogP) is 11.4. The van der Waals surface area contributed by atoms with Crippen LogP contribution in [-0.2, 0) is 0 Å². The van der Waals surface area contributed by atoms with Crippen LogP contribution in [0.1, 0.15) is 168 Å². The molecule has 2 atom stereocenters. The van der Waals surface area contributed by atoms with Crippen LogP contribution >= 0.6 is 15.9 Å². The van der Waals surface area contributed by atoms with Crippen molar-refractivity contribution >= 4 is 15.9 Å². The fourth-order valence-corrected chi connectivity index (χ4v) is 5.01. The Balaban J connectivity index is 3.29. The van der Waals surface area contributed by atoms with Crippen LogP contribution in [0.3, 0.4) is 0 Å². The molecular weight excluding hydrogens is 416 g/mol. The van der Waals surface area contributed by atoms with E-state index in [0.29, 0.717) is 0 Å². The van der Waals surface area contributed by atoms with Gasteiger partial charge < -0.3 is 0 Å². The Bertz CT molecular complexity index is 288. The van der Waals surface area contributed by atoms with Gasteiger partial charge in [-0.2, -0.15) is 0 Å². The summed E-state index contributed by atoms with van der Waals surface area (Å²) in [5, 5.41) is 0. The summed E-state index contributed by atoms with van der Waals surface area (Å²) in [6.07, 6.45) is 33.3. The number of rotatable bonds is 24. The lowest BCUT2D eigenvalue weighted by Gasteiger charge is -2.18. The second-order valence-corrected chi connectivity index (χ2v) is 11.0. The van der Waals surface area contributed by atoms with Gasteiger partial charge in [-0.3, -0.25) is 0 Å². The van der Waals surface area contributed by atoms with E-state index in [1.165, 1.54) is 148 Å². The minimum atomic E-state index is 0.750. The zero-order valence-electron chi connectivity index (χ0n) is 20.8. The topological polar surface area (TPSA) is 0 Å². The summed E-state index contributed by atoms with van der Waals surface area (Å²) in [5.41, 5.74) is 0. The van der Waals surface area contributed by atoms with Crippen LogP contribution in [-0.4, -0.2) is 4.83 Å². The lowest BCUT2D eigenvalue weighted by molar-refractivity contribution is 0.444. The third kappa shape index (κ3) is 23.0. The maximum atomic E-state index is 3.99. The molecule has 0 amide bonds. The lowest BCUT2D eigenvalue weighted by Crippen LogP contribution is -2.10. The molecule has 0 aromatic heterocycles. The Labute approximate surface area is 194 Å². The van der Waals surface area contributed by atoms with Gasteiger partial charge in [0.15, 0.2) is 0 Å². The highest BCUT2D eigenvalue weighted by Crippen LogP contribution is 2.25. The molecule has 2 unspecified atom stereocenters. The molecule has 0 bridgehead atoms. The summed E-state index contributed by atoms with van der Waals surface area (Å²) < 4.78 is 0. The average Bonchev–Trinajstić information content (AvgIpc) is 2.73. The Morgan fingerprint density at radius 2 is 0.690 bits per heavy atom. The third-order valence-corrected chi connectivity index (χ3v) is 8.07. The molecule has 0 aliphatic heterocycles. The van der Waals surface area contributed by atoms with Gasteiger partial charge in [-0.1, -0.05) is 172 Å². The number of halogens is 1. The standard InChI is InChI=1S/C28H57Br/c1-4-6-8-10-12-14-15-16-18-19-21-23-25-27(3)28(29)26-24-22-20-17-13-11-9-7-5-2/h27-28H,4-26H2,1-3H3. The Morgan fingerprint density at radius 3 is 1.03 bits per heavy atom. The Morgan fingerprint density at radius 1 is 0.414 bits per heavy atom. The van der Waals surface area contributed by atoms with Gasteiger partial charge in [0, 0.05) is 4.83 Å². The SMILES string of the molecule is CCCCCCCCCCCCCCC(C)C(Br)CCCCCCCCCCC. The summed E-state index contributed by atoms with van der Waals surface area (Å²) >= 11 is 3.99. The van der Waals surface area contributed by atoms with E-state index in [1.54, 1.807) is 0 Å². The van der Waals surface area contributed by atoms with Crippen molar-refractivity contribution in [2.24, 2.45) is 5.92 Å². The molecule has 29 heavy (non-hydrogen) atoms. The minimum Gasteiger partial charge on any atom is -0.0888 e. The molecule has 1 heteroatoms. The molecule has 0 heterocycles. The zero-order valence-corrected chi connectivity index (χ0v) is 22.4. The molecular formula is C28H57Br. The molecule has 0 saturated carbocycles. The molecule has 0 aromatic rings. The summed E-state index contributed by atoms with van der Waals surface area (Å²) in [6, 6.07) is 0. The molecule has 0 rings (SSSR count). The number of hydrogen-bond acceptors (Lipinski definition) is 0. The maximum absolute atomic E-state index is 3.99. The van der Waals surface area contributed by atoms with Gasteiger partial charge in [-0.15, -0.1) is 0 Å². The summed E-state index contributed by atoms with van der Waals surface area (Å²) in [5.74, 6) is 0.854. The Kier molecular flexibility index (Phi) is 25.2. The van der Waals surface area contributed by atoms with Crippen LogP contribution in [0.4, 0.5) is 0 Å². The van der Waals surface area contributed by atoms with E-state index in [1.807, 2.05) is 0 Å². The minimum absolute atomic E-state index is 0.750. The molecule has 0 fully saturated rings. The normalized spacial score (nSPS) is 13.7. The number of unbranched alkanes of at least 4 members (excludes halogenated alkanes) is 19. The van der Waals surface area contributed by atoms with Crippen LogP contribution in [0.25, 0.3) is 0 Å².